The average molecular weight is 844 g/mol. The summed E-state index contributed by atoms with van der Waals surface area (Å²) in [5.74, 6) is -5.97. The highest BCUT2D eigenvalue weighted by molar-refractivity contribution is 8.00. The molecule has 0 aliphatic carbocycles. The standard InChI is InChI=1S/C28H35N12O11PS3/c1-3-50-37-18(20-36-27(55-39-20)38-52(47,48)49)21(41)34-19(22(42)32-14(24(43)44)5-4-8-31-26(29)30)23-35-17(25(45)46)16(12-53-23)51-28-33-15(11-54-28)13-6-9-40(2)10-7-13/h6-7,9-11,14,19,23,35H,3-5,8,12H2,1-2H3,(H10-,29,30,31,32,34,36,38,39,41,42,43,44,45,46,47,48,49)/p+1/b37-18-. The van der Waals surface area contributed by atoms with Gasteiger partial charge in [-0.3, -0.25) is 19.7 Å². The summed E-state index contributed by atoms with van der Waals surface area (Å²) in [4.78, 5) is 87.9. The second kappa shape index (κ2) is 19.3. The van der Waals surface area contributed by atoms with Crippen molar-refractivity contribution in [2.24, 2.45) is 28.7 Å². The Morgan fingerprint density at radius 3 is 2.53 bits per heavy atom. The zero-order valence-corrected chi connectivity index (χ0v) is 32.2. The molecular formula is C28H36N12O11PS3+. The number of oxime groups is 1. The predicted octanol–water partition coefficient (Wildman–Crippen LogP) is -1.12. The molecule has 55 heavy (non-hydrogen) atoms. The van der Waals surface area contributed by atoms with Crippen LogP contribution in [0.25, 0.3) is 11.3 Å². The van der Waals surface area contributed by atoms with E-state index in [9.17, 15) is 43.7 Å². The zero-order chi connectivity index (χ0) is 40.3. The number of nitrogens with two attached hydrogens (primary N) is 2. The summed E-state index contributed by atoms with van der Waals surface area (Å²) in [6.45, 7) is 1.55. The van der Waals surface area contributed by atoms with Crippen LogP contribution in [0.15, 0.2) is 51.5 Å². The maximum absolute atomic E-state index is 13.9. The number of carboxylic acid groups (broad SMARTS) is 2. The minimum Gasteiger partial charge on any atom is -0.480 e. The Bertz CT molecular complexity index is 2010. The summed E-state index contributed by atoms with van der Waals surface area (Å²) in [6.07, 6.45) is 3.67. The van der Waals surface area contributed by atoms with Gasteiger partial charge in [-0.15, -0.1) is 11.8 Å². The highest BCUT2D eigenvalue weighted by atomic mass is 32.2. The summed E-state index contributed by atoms with van der Waals surface area (Å²) >= 11 is 2.54. The predicted molar refractivity (Wildman–Crippen MR) is 199 cm³/mol. The van der Waals surface area contributed by atoms with Crippen LogP contribution in [0.2, 0.25) is 0 Å². The van der Waals surface area contributed by atoms with E-state index in [2.05, 4.69) is 40.4 Å². The molecule has 23 nitrogen and oxygen atoms in total. The molecule has 1 aliphatic rings. The maximum atomic E-state index is 13.9. The van der Waals surface area contributed by atoms with E-state index in [-0.39, 0.29) is 53.8 Å². The largest absolute Gasteiger partial charge is 0.480 e. The molecule has 4 heterocycles. The number of carbonyl (C=O) groups excluding carboxylic acids is 2. The number of thiazole rings is 1. The number of aliphatic imine (C=N–C) groups is 1. The number of aliphatic carboxylic acids is 2. The summed E-state index contributed by atoms with van der Waals surface area (Å²) in [6, 6.07) is 0.480. The first-order chi connectivity index (χ1) is 26.0. The van der Waals surface area contributed by atoms with Crippen LogP contribution in [0.3, 0.4) is 0 Å². The smallest absolute Gasteiger partial charge is 0.429 e. The first-order valence-corrected chi connectivity index (χ1v) is 20.1. The minimum atomic E-state index is -4.81. The Morgan fingerprint density at radius 2 is 1.89 bits per heavy atom. The van der Waals surface area contributed by atoms with E-state index >= 15 is 0 Å². The van der Waals surface area contributed by atoms with Crippen molar-refractivity contribution in [3.05, 3.63) is 47.2 Å². The van der Waals surface area contributed by atoms with Crippen molar-refractivity contribution in [1.29, 1.82) is 0 Å². The molecule has 3 aromatic heterocycles. The van der Waals surface area contributed by atoms with Crippen LogP contribution in [-0.2, 0) is 35.6 Å². The molecule has 0 saturated carbocycles. The normalized spacial score (nSPS) is 15.6. The first-order valence-electron chi connectivity index (χ1n) is 15.8. The second-order valence-corrected chi connectivity index (χ2v) is 15.1. The van der Waals surface area contributed by atoms with Crippen LogP contribution in [0, 0.1) is 0 Å². The summed E-state index contributed by atoms with van der Waals surface area (Å²) in [5, 5.41) is 33.3. The molecule has 296 valence electrons. The van der Waals surface area contributed by atoms with Crippen molar-refractivity contribution >= 4 is 82.9 Å². The Labute approximate surface area is 323 Å². The van der Waals surface area contributed by atoms with Crippen molar-refractivity contribution in [1.82, 2.24) is 30.3 Å². The van der Waals surface area contributed by atoms with Gasteiger partial charge in [0.25, 0.3) is 11.1 Å². The topological polar surface area (TPSA) is 352 Å². The summed E-state index contributed by atoms with van der Waals surface area (Å²) in [5.41, 5.74) is 10.9. The average Bonchev–Trinajstić information content (AvgIpc) is 3.77. The number of ether oxygens (including phenoxy) is 1. The third-order valence-corrected chi connectivity index (χ3v) is 10.1. The molecule has 0 fully saturated rings. The molecule has 0 radical (unpaired) electrons. The van der Waals surface area contributed by atoms with Crippen LogP contribution < -0.4 is 41.8 Å². The molecular weight excluding hydrogens is 808 g/mol. The molecule has 27 heteroatoms. The third-order valence-electron chi connectivity index (χ3n) is 6.95. The van der Waals surface area contributed by atoms with E-state index in [1.54, 1.807) is 12.3 Å². The molecule has 4 rings (SSSR count). The van der Waals surface area contributed by atoms with E-state index in [1.807, 2.05) is 41.2 Å². The van der Waals surface area contributed by atoms with Gasteiger partial charge in [0.15, 0.2) is 24.1 Å². The van der Waals surface area contributed by atoms with Crippen LogP contribution in [0.4, 0.5) is 5.13 Å². The molecule has 0 spiro atoms. The van der Waals surface area contributed by atoms with Gasteiger partial charge in [-0.05, 0) is 19.8 Å². The SMILES string of the molecule is CCO/N=C(\C(=O)NC(C(=O)NC(CCCN=C(N)N)C(=O)O)C1NC(C(=O)O)=C(Oc2nc(-c3cc[n+](C)cc3)cs2)CS1)c1nsc(NP(=O)(O)O)n1. The van der Waals surface area contributed by atoms with Gasteiger partial charge in [-0.1, -0.05) is 16.5 Å². The Morgan fingerprint density at radius 1 is 1.16 bits per heavy atom. The Balaban J connectivity index is 1.64. The quantitative estimate of drug-likeness (QED) is 0.0171. The second-order valence-electron chi connectivity index (χ2n) is 11.1. The number of hydrogen-bond donors (Lipinski definition) is 10. The zero-order valence-electron chi connectivity index (χ0n) is 28.8. The molecule has 3 atom stereocenters. The molecule has 0 saturated heterocycles. The minimum absolute atomic E-state index is 0.0428. The van der Waals surface area contributed by atoms with Gasteiger partial charge in [-0.2, -0.15) is 9.36 Å². The van der Waals surface area contributed by atoms with Gasteiger partial charge in [0.05, 0.1) is 11.4 Å². The highest BCUT2D eigenvalue weighted by Crippen LogP contribution is 2.36. The fourth-order valence-electron chi connectivity index (χ4n) is 4.47. The van der Waals surface area contributed by atoms with E-state index < -0.39 is 66.2 Å². The van der Waals surface area contributed by atoms with Gasteiger partial charge in [0, 0.05) is 41.2 Å². The fraction of sp³-hybridized carbons (Fsp3) is 0.357. The lowest BCUT2D eigenvalue weighted by Crippen LogP contribution is -2.60. The lowest BCUT2D eigenvalue weighted by molar-refractivity contribution is -0.671. The molecule has 3 aromatic rings. The number of nitrogens with one attached hydrogen (secondary N) is 4. The number of rotatable bonds is 19. The maximum Gasteiger partial charge on any atom is 0.429 e. The number of anilines is 1. The van der Waals surface area contributed by atoms with Crippen LogP contribution in [-0.4, -0.2) is 106 Å². The number of hydrogen-bond acceptors (Lipinski definition) is 16. The van der Waals surface area contributed by atoms with E-state index in [0.717, 1.165) is 28.7 Å². The van der Waals surface area contributed by atoms with E-state index in [0.29, 0.717) is 17.2 Å². The number of nitrogens with zero attached hydrogens (tertiary/aromatic N) is 6. The lowest BCUT2D eigenvalue weighted by Gasteiger charge is -2.32. The van der Waals surface area contributed by atoms with Crippen LogP contribution in [0.5, 0.6) is 5.19 Å². The van der Waals surface area contributed by atoms with Gasteiger partial charge in [0.1, 0.15) is 36.9 Å². The Kier molecular flexibility index (Phi) is 14.8. The van der Waals surface area contributed by atoms with Gasteiger partial charge in [-0.25, -0.2) is 23.7 Å². The number of amides is 2. The third kappa shape index (κ3) is 12.6. The molecule has 3 unspecified atom stereocenters. The molecule has 2 amide bonds. The summed E-state index contributed by atoms with van der Waals surface area (Å²) in [7, 11) is -2.95. The van der Waals surface area contributed by atoms with Gasteiger partial charge in [0.2, 0.25) is 22.6 Å². The van der Waals surface area contributed by atoms with E-state index in [4.69, 9.17) is 21.0 Å². The monoisotopic (exact) mass is 843 g/mol. The molecule has 1 aliphatic heterocycles. The number of carboxylic acids is 2. The lowest BCUT2D eigenvalue weighted by atomic mass is 10.1. The van der Waals surface area contributed by atoms with Crippen molar-refractivity contribution in [3.63, 3.8) is 0 Å². The molecule has 0 bridgehead atoms. The molecule has 12 N–H and O–H groups in total. The van der Waals surface area contributed by atoms with Crippen LogP contribution >= 0.6 is 42.4 Å². The summed E-state index contributed by atoms with van der Waals surface area (Å²) < 4.78 is 23.0. The number of guanidine groups is 1. The van der Waals surface area contributed by atoms with Crippen molar-refractivity contribution < 1.29 is 57.9 Å². The number of pyridine rings is 1. The van der Waals surface area contributed by atoms with Crippen molar-refractivity contribution in [2.75, 3.05) is 24.0 Å². The Hall–Kier alpha value is -5.40. The van der Waals surface area contributed by atoms with Gasteiger partial charge >= 0.3 is 19.7 Å². The van der Waals surface area contributed by atoms with Crippen LogP contribution in [0.1, 0.15) is 25.6 Å². The number of aromatic nitrogens is 4. The van der Waals surface area contributed by atoms with E-state index in [1.165, 1.54) is 0 Å². The fourth-order valence-corrected chi connectivity index (χ4v) is 7.54. The highest BCUT2D eigenvalue weighted by Gasteiger charge is 2.39. The number of aryl methyl sites for hydroxylation is 1. The molecule has 0 aromatic carbocycles. The van der Waals surface area contributed by atoms with Gasteiger partial charge < -0.3 is 57.0 Å². The number of carbonyl (C=O) groups is 4. The number of thioether (sulfide) groups is 1. The van der Waals surface area contributed by atoms with Crippen molar-refractivity contribution in [3.8, 4) is 16.5 Å². The first kappa shape index (κ1) is 42.3. The van der Waals surface area contributed by atoms with Crippen molar-refractivity contribution in [2.45, 2.75) is 37.2 Å².